The Bertz CT molecular complexity index is 142. The minimum Gasteiger partial charge on any atom is -0.369 e. The molecule has 0 aromatic carbocycles. The van der Waals surface area contributed by atoms with Crippen molar-refractivity contribution in [1.29, 1.82) is 0 Å². The van der Waals surface area contributed by atoms with Crippen LogP contribution >= 0.6 is 0 Å². The van der Waals surface area contributed by atoms with Crippen molar-refractivity contribution in [2.24, 2.45) is 11.8 Å². The van der Waals surface area contributed by atoms with Gasteiger partial charge in [-0.05, 0) is 31.1 Å². The molecule has 11 heavy (non-hydrogen) atoms. The molecule has 1 heteroatoms. The molecule has 1 saturated heterocycles. The van der Waals surface area contributed by atoms with Crippen molar-refractivity contribution in [3.05, 3.63) is 0 Å². The predicted octanol–water partition coefficient (Wildman–Crippen LogP) is 2.60. The van der Waals surface area contributed by atoms with Gasteiger partial charge in [-0.25, -0.2) is 0 Å². The molecule has 2 fully saturated rings. The zero-order valence-electron chi connectivity index (χ0n) is 7.55. The summed E-state index contributed by atoms with van der Waals surface area (Å²) in [6.07, 6.45) is 6.87. The van der Waals surface area contributed by atoms with Crippen LogP contribution in [0.4, 0.5) is 0 Å². The van der Waals surface area contributed by atoms with E-state index in [-0.39, 0.29) is 0 Å². The van der Waals surface area contributed by atoms with Gasteiger partial charge in [0.25, 0.3) is 0 Å². The molecule has 1 heterocycles. The van der Waals surface area contributed by atoms with Gasteiger partial charge in [-0.15, -0.1) is 0 Å². The first-order chi connectivity index (χ1) is 5.27. The van der Waals surface area contributed by atoms with Crippen molar-refractivity contribution in [2.45, 2.75) is 51.7 Å². The normalized spacial score (nSPS) is 42.3. The number of hydrogen-bond acceptors (Lipinski definition) is 1. The van der Waals surface area contributed by atoms with Crippen LogP contribution in [0.5, 0.6) is 0 Å². The molecule has 0 aromatic rings. The summed E-state index contributed by atoms with van der Waals surface area (Å²) in [6, 6.07) is 0. The van der Waals surface area contributed by atoms with E-state index in [1.165, 1.54) is 25.7 Å². The molecule has 1 saturated carbocycles. The number of fused-ring (bicyclic) bond motifs is 1. The molecule has 0 aromatic heterocycles. The maximum absolute atomic E-state index is 5.59. The van der Waals surface area contributed by atoms with Gasteiger partial charge in [0.1, 0.15) is 0 Å². The van der Waals surface area contributed by atoms with Crippen LogP contribution in [0.1, 0.15) is 39.5 Å². The summed E-state index contributed by atoms with van der Waals surface area (Å²) in [5.41, 5.74) is 0. The maximum Gasteiger partial charge on any atom is 0.0870 e. The Morgan fingerprint density at radius 1 is 1.36 bits per heavy atom. The molecule has 0 bridgehead atoms. The first-order valence-corrected chi connectivity index (χ1v) is 4.93. The van der Waals surface area contributed by atoms with Crippen LogP contribution in [0.25, 0.3) is 0 Å². The second-order valence-corrected chi connectivity index (χ2v) is 4.46. The number of rotatable bonds is 2. The second kappa shape index (κ2) is 2.78. The molecule has 0 amide bonds. The maximum atomic E-state index is 5.59. The molecule has 1 aliphatic heterocycles. The van der Waals surface area contributed by atoms with Gasteiger partial charge in [-0.3, -0.25) is 0 Å². The van der Waals surface area contributed by atoms with Crippen LogP contribution in [-0.4, -0.2) is 12.2 Å². The quantitative estimate of drug-likeness (QED) is 0.557. The van der Waals surface area contributed by atoms with E-state index in [2.05, 4.69) is 13.8 Å². The fraction of sp³-hybridized carbons (Fsp3) is 1.00. The highest BCUT2D eigenvalue weighted by molar-refractivity contribution is 4.94. The van der Waals surface area contributed by atoms with Crippen molar-refractivity contribution >= 4 is 0 Å². The van der Waals surface area contributed by atoms with E-state index in [0.717, 1.165) is 11.8 Å². The smallest absolute Gasteiger partial charge is 0.0870 e. The summed E-state index contributed by atoms with van der Waals surface area (Å²) in [5.74, 6) is 1.75. The van der Waals surface area contributed by atoms with E-state index >= 15 is 0 Å². The third kappa shape index (κ3) is 1.58. The molecule has 1 unspecified atom stereocenters. The average Bonchev–Trinajstić information content (AvgIpc) is 2.65. The molecule has 3 atom stereocenters. The SMILES string of the molecule is CC(C)CC1CCC[C@@H]2O[C@@H]12. The van der Waals surface area contributed by atoms with E-state index < -0.39 is 0 Å². The predicted molar refractivity (Wildman–Crippen MR) is 45.5 cm³/mol. The summed E-state index contributed by atoms with van der Waals surface area (Å²) >= 11 is 0. The van der Waals surface area contributed by atoms with Gasteiger partial charge >= 0.3 is 0 Å². The fourth-order valence-corrected chi connectivity index (χ4v) is 2.41. The minimum atomic E-state index is 0.672. The molecular weight excluding hydrogens is 136 g/mol. The Morgan fingerprint density at radius 2 is 2.18 bits per heavy atom. The molecule has 2 aliphatic rings. The Hall–Kier alpha value is -0.0400. The van der Waals surface area contributed by atoms with Crippen molar-refractivity contribution < 1.29 is 4.74 Å². The topological polar surface area (TPSA) is 12.5 Å². The van der Waals surface area contributed by atoms with Gasteiger partial charge < -0.3 is 4.74 Å². The van der Waals surface area contributed by atoms with Crippen LogP contribution in [0.15, 0.2) is 0 Å². The lowest BCUT2D eigenvalue weighted by molar-refractivity contribution is 0.285. The van der Waals surface area contributed by atoms with Gasteiger partial charge in [-0.2, -0.15) is 0 Å². The number of ether oxygens (including phenoxy) is 1. The Morgan fingerprint density at radius 3 is 2.91 bits per heavy atom. The molecular formula is C10H18O. The van der Waals surface area contributed by atoms with Gasteiger partial charge in [-0.1, -0.05) is 20.3 Å². The fourth-order valence-electron chi connectivity index (χ4n) is 2.41. The third-order valence-corrected chi connectivity index (χ3v) is 2.92. The molecule has 1 nitrogen and oxygen atoms in total. The van der Waals surface area contributed by atoms with E-state index in [4.69, 9.17) is 4.74 Å². The van der Waals surface area contributed by atoms with Crippen molar-refractivity contribution in [3.63, 3.8) is 0 Å². The van der Waals surface area contributed by atoms with Crippen molar-refractivity contribution in [2.75, 3.05) is 0 Å². The second-order valence-electron chi connectivity index (χ2n) is 4.46. The van der Waals surface area contributed by atoms with Gasteiger partial charge in [0.2, 0.25) is 0 Å². The summed E-state index contributed by atoms with van der Waals surface area (Å²) in [4.78, 5) is 0. The lowest BCUT2D eigenvalue weighted by Gasteiger charge is -2.19. The Balaban J connectivity index is 1.83. The van der Waals surface area contributed by atoms with Crippen LogP contribution in [0, 0.1) is 11.8 Å². The highest BCUT2D eigenvalue weighted by atomic mass is 16.6. The molecule has 64 valence electrons. The van der Waals surface area contributed by atoms with E-state index in [0.29, 0.717) is 12.2 Å². The van der Waals surface area contributed by atoms with Gasteiger partial charge in [0.05, 0.1) is 12.2 Å². The molecule has 0 N–H and O–H groups in total. The zero-order valence-corrected chi connectivity index (χ0v) is 7.55. The molecule has 1 aliphatic carbocycles. The van der Waals surface area contributed by atoms with Crippen LogP contribution < -0.4 is 0 Å². The lowest BCUT2D eigenvalue weighted by atomic mass is 9.84. The Kier molecular flexibility index (Phi) is 1.92. The van der Waals surface area contributed by atoms with Crippen LogP contribution in [-0.2, 0) is 4.74 Å². The van der Waals surface area contributed by atoms with Crippen LogP contribution in [0.2, 0.25) is 0 Å². The van der Waals surface area contributed by atoms with Crippen LogP contribution in [0.3, 0.4) is 0 Å². The van der Waals surface area contributed by atoms with E-state index in [1.54, 1.807) is 0 Å². The molecule has 0 radical (unpaired) electrons. The van der Waals surface area contributed by atoms with E-state index in [1.807, 2.05) is 0 Å². The molecule has 0 spiro atoms. The van der Waals surface area contributed by atoms with E-state index in [9.17, 15) is 0 Å². The number of hydrogen-bond donors (Lipinski definition) is 0. The molecule has 2 rings (SSSR count). The van der Waals surface area contributed by atoms with Gasteiger partial charge in [0.15, 0.2) is 0 Å². The highest BCUT2D eigenvalue weighted by Crippen LogP contribution is 2.43. The summed E-state index contributed by atoms with van der Waals surface area (Å²) in [7, 11) is 0. The average molecular weight is 154 g/mol. The minimum absolute atomic E-state index is 0.672. The summed E-state index contributed by atoms with van der Waals surface area (Å²) in [5, 5.41) is 0. The summed E-state index contributed by atoms with van der Waals surface area (Å²) < 4.78 is 5.59. The standard InChI is InChI=1S/C10H18O/c1-7(2)6-8-4-3-5-9-10(8)11-9/h7-10H,3-6H2,1-2H3/t8?,9-,10-/m0/s1. The van der Waals surface area contributed by atoms with Crippen molar-refractivity contribution in [1.82, 2.24) is 0 Å². The largest absolute Gasteiger partial charge is 0.369 e. The first-order valence-electron chi connectivity index (χ1n) is 4.93. The summed E-state index contributed by atoms with van der Waals surface area (Å²) in [6.45, 7) is 4.62. The lowest BCUT2D eigenvalue weighted by Crippen LogP contribution is -2.17. The zero-order chi connectivity index (χ0) is 7.84. The Labute approximate surface area is 69.1 Å². The monoisotopic (exact) mass is 154 g/mol. The first kappa shape index (κ1) is 7.60. The van der Waals surface area contributed by atoms with Crippen molar-refractivity contribution in [3.8, 4) is 0 Å². The van der Waals surface area contributed by atoms with Gasteiger partial charge in [0, 0.05) is 0 Å². The third-order valence-electron chi connectivity index (χ3n) is 2.92. The number of epoxide rings is 1. The highest BCUT2D eigenvalue weighted by Gasteiger charge is 2.46.